The van der Waals surface area contributed by atoms with E-state index in [9.17, 15) is 8.42 Å². The maximum absolute atomic E-state index is 12.6. The van der Waals surface area contributed by atoms with Crippen molar-refractivity contribution in [1.82, 2.24) is 14.6 Å². The fourth-order valence-corrected chi connectivity index (χ4v) is 4.27. The van der Waals surface area contributed by atoms with E-state index in [0.717, 1.165) is 25.0 Å². The molecule has 1 saturated heterocycles. The fourth-order valence-electron chi connectivity index (χ4n) is 3.07. The first-order chi connectivity index (χ1) is 11.2. The zero-order chi connectivity index (χ0) is 16.1. The zero-order valence-corrected chi connectivity index (χ0v) is 14.1. The van der Waals surface area contributed by atoms with Crippen LogP contribution in [0.4, 0.5) is 0 Å². The molecule has 0 radical (unpaired) electrons. The van der Waals surface area contributed by atoms with Gasteiger partial charge in [-0.1, -0.05) is 31.0 Å². The van der Waals surface area contributed by atoms with Crippen LogP contribution in [0.25, 0.3) is 10.9 Å². The minimum absolute atomic E-state index is 0.256. The second-order valence-electron chi connectivity index (χ2n) is 5.98. The summed E-state index contributed by atoms with van der Waals surface area (Å²) in [7, 11) is -3.54. The van der Waals surface area contributed by atoms with Crippen molar-refractivity contribution in [2.24, 2.45) is 0 Å². The molecule has 1 aromatic heterocycles. The highest BCUT2D eigenvalue weighted by Crippen LogP contribution is 2.20. The fraction of sp³-hybridized carbons (Fsp3) is 0.471. The van der Waals surface area contributed by atoms with Gasteiger partial charge in [-0.05, 0) is 38.1 Å². The number of nitrogens with zero attached hydrogens (tertiary/aromatic N) is 2. The smallest absolute Gasteiger partial charge is 0.242 e. The zero-order valence-electron chi connectivity index (χ0n) is 13.2. The first-order valence-electron chi connectivity index (χ1n) is 8.22. The van der Waals surface area contributed by atoms with Crippen LogP contribution in [-0.4, -0.2) is 44.5 Å². The van der Waals surface area contributed by atoms with Crippen molar-refractivity contribution in [1.29, 1.82) is 0 Å². The SMILES string of the molecule is O=S(=O)(NCCN1CCCCCC1)c1cccc2cccnc12. The number of likely N-dealkylation sites (tertiary alicyclic amines) is 1. The van der Waals surface area contributed by atoms with Gasteiger partial charge in [0.15, 0.2) is 0 Å². The van der Waals surface area contributed by atoms with Gasteiger partial charge in [0.2, 0.25) is 10.0 Å². The molecule has 124 valence electrons. The quantitative estimate of drug-likeness (QED) is 0.912. The van der Waals surface area contributed by atoms with Gasteiger partial charge in [-0.2, -0.15) is 0 Å². The van der Waals surface area contributed by atoms with Gasteiger partial charge in [-0.25, -0.2) is 13.1 Å². The Morgan fingerprint density at radius 2 is 1.78 bits per heavy atom. The van der Waals surface area contributed by atoms with E-state index in [1.54, 1.807) is 18.3 Å². The summed E-state index contributed by atoms with van der Waals surface area (Å²) in [6, 6.07) is 8.93. The van der Waals surface area contributed by atoms with Crippen LogP contribution in [-0.2, 0) is 10.0 Å². The van der Waals surface area contributed by atoms with E-state index in [2.05, 4.69) is 14.6 Å². The molecule has 1 fully saturated rings. The number of hydrogen-bond acceptors (Lipinski definition) is 4. The number of aromatic nitrogens is 1. The molecule has 0 aliphatic carbocycles. The Balaban J connectivity index is 1.68. The van der Waals surface area contributed by atoms with Gasteiger partial charge in [0.05, 0.1) is 5.52 Å². The van der Waals surface area contributed by atoms with Crippen LogP contribution < -0.4 is 4.72 Å². The predicted octanol–water partition coefficient (Wildman–Crippen LogP) is 2.39. The molecule has 1 aromatic carbocycles. The first-order valence-corrected chi connectivity index (χ1v) is 9.71. The van der Waals surface area contributed by atoms with E-state index in [1.165, 1.54) is 25.7 Å². The lowest BCUT2D eigenvalue weighted by molar-refractivity contribution is 0.290. The Morgan fingerprint density at radius 3 is 2.57 bits per heavy atom. The van der Waals surface area contributed by atoms with E-state index in [1.807, 2.05) is 18.2 Å². The van der Waals surface area contributed by atoms with Gasteiger partial charge < -0.3 is 4.90 Å². The monoisotopic (exact) mass is 333 g/mol. The topological polar surface area (TPSA) is 62.3 Å². The van der Waals surface area contributed by atoms with Crippen molar-refractivity contribution in [2.75, 3.05) is 26.2 Å². The summed E-state index contributed by atoms with van der Waals surface area (Å²) in [6.45, 7) is 3.33. The van der Waals surface area contributed by atoms with Crippen molar-refractivity contribution >= 4 is 20.9 Å². The molecular weight excluding hydrogens is 310 g/mol. The highest BCUT2D eigenvalue weighted by Gasteiger charge is 2.18. The average molecular weight is 333 g/mol. The number of pyridine rings is 1. The predicted molar refractivity (Wildman–Crippen MR) is 91.8 cm³/mol. The third-order valence-corrected chi connectivity index (χ3v) is 5.80. The standard InChI is InChI=1S/C17H23N3O2S/c21-23(22,19-11-14-20-12-3-1-2-4-13-20)16-9-5-7-15-8-6-10-18-17(15)16/h5-10,19H,1-4,11-14H2. The van der Waals surface area contributed by atoms with E-state index < -0.39 is 10.0 Å². The summed E-state index contributed by atoms with van der Waals surface area (Å²) in [5, 5.41) is 0.836. The average Bonchev–Trinajstić information content (AvgIpc) is 2.83. The number of nitrogens with one attached hydrogen (secondary N) is 1. The van der Waals surface area contributed by atoms with Crippen LogP contribution in [0, 0.1) is 0 Å². The molecule has 5 nitrogen and oxygen atoms in total. The van der Waals surface area contributed by atoms with Gasteiger partial charge >= 0.3 is 0 Å². The Kier molecular flexibility index (Phi) is 5.25. The van der Waals surface area contributed by atoms with Crippen LogP contribution in [0.3, 0.4) is 0 Å². The molecule has 0 atom stereocenters. The lowest BCUT2D eigenvalue weighted by atomic mass is 10.2. The molecule has 1 N–H and O–H groups in total. The van der Waals surface area contributed by atoms with Crippen LogP contribution in [0.5, 0.6) is 0 Å². The Morgan fingerprint density at radius 1 is 1.04 bits per heavy atom. The van der Waals surface area contributed by atoms with Gasteiger partial charge in [-0.15, -0.1) is 0 Å². The molecule has 2 aromatic rings. The summed E-state index contributed by atoms with van der Waals surface area (Å²) in [5.41, 5.74) is 0.525. The van der Waals surface area contributed by atoms with E-state index in [-0.39, 0.29) is 4.90 Å². The lowest BCUT2D eigenvalue weighted by Crippen LogP contribution is -2.35. The number of sulfonamides is 1. The Bertz CT molecular complexity index is 748. The van der Waals surface area contributed by atoms with E-state index in [4.69, 9.17) is 0 Å². The summed E-state index contributed by atoms with van der Waals surface area (Å²) in [5.74, 6) is 0. The molecule has 23 heavy (non-hydrogen) atoms. The molecule has 0 spiro atoms. The van der Waals surface area contributed by atoms with Crippen molar-refractivity contribution in [3.8, 4) is 0 Å². The summed E-state index contributed by atoms with van der Waals surface area (Å²) in [4.78, 5) is 6.83. The highest BCUT2D eigenvalue weighted by molar-refractivity contribution is 7.89. The lowest BCUT2D eigenvalue weighted by Gasteiger charge is -2.19. The molecule has 6 heteroatoms. The molecule has 3 rings (SSSR count). The van der Waals surface area contributed by atoms with Gasteiger partial charge in [0.25, 0.3) is 0 Å². The molecule has 1 aliphatic rings. The van der Waals surface area contributed by atoms with Crippen molar-refractivity contribution in [3.05, 3.63) is 36.5 Å². The number of fused-ring (bicyclic) bond motifs is 1. The molecule has 0 saturated carbocycles. The van der Waals surface area contributed by atoms with Crippen LogP contribution in [0.1, 0.15) is 25.7 Å². The molecule has 0 amide bonds. The number of hydrogen-bond donors (Lipinski definition) is 1. The third kappa shape index (κ3) is 4.07. The molecule has 1 aliphatic heterocycles. The first kappa shape index (κ1) is 16.4. The van der Waals surface area contributed by atoms with Crippen LogP contribution in [0.2, 0.25) is 0 Å². The summed E-state index contributed by atoms with van der Waals surface area (Å²) in [6.07, 6.45) is 6.60. The number of rotatable bonds is 5. The number of para-hydroxylation sites is 1. The number of benzene rings is 1. The molecule has 0 unspecified atom stereocenters. The van der Waals surface area contributed by atoms with Crippen molar-refractivity contribution in [2.45, 2.75) is 30.6 Å². The normalized spacial score (nSPS) is 17.2. The largest absolute Gasteiger partial charge is 0.302 e. The minimum Gasteiger partial charge on any atom is -0.302 e. The molecule has 2 heterocycles. The van der Waals surface area contributed by atoms with Crippen molar-refractivity contribution < 1.29 is 8.42 Å². The maximum atomic E-state index is 12.6. The van der Waals surface area contributed by atoms with Gasteiger partial charge in [0, 0.05) is 24.7 Å². The maximum Gasteiger partial charge on any atom is 0.242 e. The van der Waals surface area contributed by atoms with E-state index >= 15 is 0 Å². The molecule has 0 bridgehead atoms. The van der Waals surface area contributed by atoms with Crippen LogP contribution in [0.15, 0.2) is 41.4 Å². The summed E-state index contributed by atoms with van der Waals surface area (Å²) >= 11 is 0. The second kappa shape index (κ2) is 7.38. The molecular formula is C17H23N3O2S. The second-order valence-corrected chi connectivity index (χ2v) is 7.72. The Labute approximate surface area is 137 Å². The van der Waals surface area contributed by atoms with Gasteiger partial charge in [0.1, 0.15) is 4.90 Å². The van der Waals surface area contributed by atoms with Gasteiger partial charge in [-0.3, -0.25) is 4.98 Å². The Hall–Kier alpha value is -1.50. The summed E-state index contributed by atoms with van der Waals surface area (Å²) < 4.78 is 27.9. The minimum atomic E-state index is -3.54. The highest BCUT2D eigenvalue weighted by atomic mass is 32.2. The van der Waals surface area contributed by atoms with Crippen LogP contribution >= 0.6 is 0 Å². The van der Waals surface area contributed by atoms with E-state index in [0.29, 0.717) is 12.1 Å². The van der Waals surface area contributed by atoms with Crippen molar-refractivity contribution in [3.63, 3.8) is 0 Å². The third-order valence-electron chi connectivity index (χ3n) is 4.30.